The van der Waals surface area contributed by atoms with Gasteiger partial charge in [-0.05, 0) is 56.1 Å². The molecule has 0 aliphatic rings. The summed E-state index contributed by atoms with van der Waals surface area (Å²) in [5.74, 6) is 0. The molecule has 0 aliphatic heterocycles. The maximum atomic E-state index is 5.47. The molecule has 2 aromatic heterocycles. The van der Waals surface area contributed by atoms with E-state index in [1.807, 2.05) is 13.1 Å². The highest BCUT2D eigenvalue weighted by atomic mass is 32.1. The summed E-state index contributed by atoms with van der Waals surface area (Å²) in [4.78, 5) is 7.80. The number of hydrogen-bond acceptors (Lipinski definition) is 2. The van der Waals surface area contributed by atoms with Gasteiger partial charge in [-0.2, -0.15) is 0 Å². The van der Waals surface area contributed by atoms with Gasteiger partial charge in [0, 0.05) is 12.2 Å². The minimum Gasteiger partial charge on any atom is -0.329 e. The molecule has 2 heterocycles. The summed E-state index contributed by atoms with van der Waals surface area (Å²) in [5.41, 5.74) is 4.47. The van der Waals surface area contributed by atoms with Gasteiger partial charge in [0.2, 0.25) is 0 Å². The first kappa shape index (κ1) is 14.0. The fraction of sp³-hybridized carbons (Fsp3) is 0.294. The topological polar surface area (TPSA) is 33.6 Å². The number of nitrogens with zero attached hydrogens (tertiary/aromatic N) is 2. The summed E-state index contributed by atoms with van der Waals surface area (Å²) < 4.78 is 2.89. The third-order valence-corrected chi connectivity index (χ3v) is 4.13. The summed E-state index contributed by atoms with van der Waals surface area (Å²) in [6.45, 7) is 4.24. The maximum Gasteiger partial charge on any atom is 0.179 e. The van der Waals surface area contributed by atoms with Crippen molar-refractivity contribution in [2.24, 2.45) is 0 Å². The Kier molecular flexibility index (Phi) is 3.88. The molecule has 1 atom stereocenters. The summed E-state index contributed by atoms with van der Waals surface area (Å²) in [6.07, 6.45) is 3.98. The zero-order chi connectivity index (χ0) is 14.8. The van der Waals surface area contributed by atoms with Crippen molar-refractivity contribution in [3.05, 3.63) is 58.5 Å². The molecule has 1 aromatic carbocycles. The second-order valence-corrected chi connectivity index (χ2v) is 5.94. The predicted octanol–water partition coefficient (Wildman–Crippen LogP) is 4.60. The quantitative estimate of drug-likeness (QED) is 0.714. The highest BCUT2D eigenvalue weighted by Crippen LogP contribution is 2.21. The van der Waals surface area contributed by atoms with E-state index in [9.17, 15) is 0 Å². The number of aromatic amines is 1. The van der Waals surface area contributed by atoms with Crippen LogP contribution < -0.4 is 0 Å². The molecule has 0 spiro atoms. The van der Waals surface area contributed by atoms with Gasteiger partial charge in [0.15, 0.2) is 10.4 Å². The third-order valence-electron chi connectivity index (χ3n) is 3.83. The monoisotopic (exact) mass is 297 g/mol. The number of H-pyrrole nitrogens is 1. The van der Waals surface area contributed by atoms with Crippen molar-refractivity contribution in [2.45, 2.75) is 32.7 Å². The van der Waals surface area contributed by atoms with E-state index >= 15 is 0 Å². The normalized spacial score (nSPS) is 12.7. The highest BCUT2D eigenvalue weighted by molar-refractivity contribution is 7.71. The molecule has 0 radical (unpaired) electrons. The Morgan fingerprint density at radius 1 is 1.29 bits per heavy atom. The van der Waals surface area contributed by atoms with Crippen LogP contribution in [0.4, 0.5) is 0 Å². The van der Waals surface area contributed by atoms with E-state index in [0.717, 1.165) is 34.3 Å². The lowest BCUT2D eigenvalue weighted by molar-refractivity contribution is 0.511. The van der Waals surface area contributed by atoms with E-state index < -0.39 is 0 Å². The maximum absolute atomic E-state index is 5.47. The van der Waals surface area contributed by atoms with Crippen LogP contribution in [-0.2, 0) is 6.42 Å². The fourth-order valence-electron chi connectivity index (χ4n) is 2.68. The molecule has 0 aliphatic carbocycles. The van der Waals surface area contributed by atoms with Crippen LogP contribution in [0.1, 0.15) is 30.5 Å². The molecule has 3 rings (SSSR count). The zero-order valence-corrected chi connectivity index (χ0v) is 13.2. The molecule has 21 heavy (non-hydrogen) atoms. The van der Waals surface area contributed by atoms with E-state index in [1.54, 1.807) is 0 Å². The highest BCUT2D eigenvalue weighted by Gasteiger charge is 2.12. The fourth-order valence-corrected chi connectivity index (χ4v) is 3.05. The number of aryl methyl sites for hydroxylation is 2. The van der Waals surface area contributed by atoms with Crippen molar-refractivity contribution in [3.8, 4) is 0 Å². The Balaban J connectivity index is 1.86. The van der Waals surface area contributed by atoms with Gasteiger partial charge >= 0.3 is 0 Å². The Bertz CT molecular complexity index is 802. The SMILES string of the molecule is Cc1cnc2c(c1)[nH]c(=S)n2C(C)CCc1ccccc1. The molecule has 1 unspecified atom stereocenters. The molecule has 4 heteroatoms. The Labute approximate surface area is 129 Å². The number of pyridine rings is 1. The second-order valence-electron chi connectivity index (χ2n) is 5.56. The number of hydrogen-bond donors (Lipinski definition) is 1. The Morgan fingerprint density at radius 2 is 2.05 bits per heavy atom. The molecule has 0 saturated carbocycles. The zero-order valence-electron chi connectivity index (χ0n) is 12.3. The van der Waals surface area contributed by atoms with Crippen molar-refractivity contribution in [2.75, 3.05) is 0 Å². The summed E-state index contributed by atoms with van der Waals surface area (Å²) in [5, 5.41) is 0. The number of imidazole rings is 1. The third kappa shape index (κ3) is 2.90. The van der Waals surface area contributed by atoms with Gasteiger partial charge in [0.05, 0.1) is 5.52 Å². The van der Waals surface area contributed by atoms with Crippen LogP contribution in [0.3, 0.4) is 0 Å². The van der Waals surface area contributed by atoms with Crippen LogP contribution >= 0.6 is 12.2 Å². The number of nitrogens with one attached hydrogen (secondary N) is 1. The first-order valence-electron chi connectivity index (χ1n) is 7.26. The lowest BCUT2D eigenvalue weighted by atomic mass is 10.1. The van der Waals surface area contributed by atoms with Crippen LogP contribution in [0.2, 0.25) is 0 Å². The number of fused-ring (bicyclic) bond motifs is 1. The van der Waals surface area contributed by atoms with E-state index in [1.165, 1.54) is 5.56 Å². The molecule has 0 saturated heterocycles. The minimum atomic E-state index is 0.321. The number of benzene rings is 1. The summed E-state index contributed by atoms with van der Waals surface area (Å²) in [7, 11) is 0. The van der Waals surface area contributed by atoms with Crippen molar-refractivity contribution in [3.63, 3.8) is 0 Å². The molecule has 3 nitrogen and oxygen atoms in total. The van der Waals surface area contributed by atoms with Crippen molar-refractivity contribution in [1.29, 1.82) is 0 Å². The largest absolute Gasteiger partial charge is 0.329 e. The van der Waals surface area contributed by atoms with E-state index in [4.69, 9.17) is 12.2 Å². The average molecular weight is 297 g/mol. The smallest absolute Gasteiger partial charge is 0.179 e. The average Bonchev–Trinajstić information content (AvgIpc) is 2.81. The molecule has 0 amide bonds. The second kappa shape index (κ2) is 5.82. The Hall–Kier alpha value is -1.94. The number of rotatable bonds is 4. The van der Waals surface area contributed by atoms with Crippen LogP contribution in [0.25, 0.3) is 11.2 Å². The van der Waals surface area contributed by atoms with Crippen molar-refractivity contribution < 1.29 is 0 Å². The minimum absolute atomic E-state index is 0.321. The van der Waals surface area contributed by atoms with Crippen LogP contribution in [0.5, 0.6) is 0 Å². The summed E-state index contributed by atoms with van der Waals surface area (Å²) >= 11 is 5.47. The lowest BCUT2D eigenvalue weighted by Crippen LogP contribution is -2.07. The van der Waals surface area contributed by atoms with Gasteiger partial charge < -0.3 is 4.98 Å². The molecule has 108 valence electrons. The van der Waals surface area contributed by atoms with Gasteiger partial charge in [-0.1, -0.05) is 30.3 Å². The van der Waals surface area contributed by atoms with Crippen molar-refractivity contribution >= 4 is 23.4 Å². The van der Waals surface area contributed by atoms with E-state index in [-0.39, 0.29) is 0 Å². The van der Waals surface area contributed by atoms with Crippen LogP contribution in [0.15, 0.2) is 42.6 Å². The van der Waals surface area contributed by atoms with Crippen molar-refractivity contribution in [1.82, 2.24) is 14.5 Å². The standard InChI is InChI=1S/C17H19N3S/c1-12-10-15-16(18-11-12)20(17(21)19-15)13(2)8-9-14-6-4-3-5-7-14/h3-7,10-11,13H,8-9H2,1-2H3,(H,19,21). The number of aromatic nitrogens is 3. The molecule has 3 aromatic rings. The van der Waals surface area contributed by atoms with E-state index in [0.29, 0.717) is 6.04 Å². The lowest BCUT2D eigenvalue weighted by Gasteiger charge is -2.14. The van der Waals surface area contributed by atoms with Gasteiger partial charge in [-0.15, -0.1) is 0 Å². The van der Waals surface area contributed by atoms with E-state index in [2.05, 4.69) is 57.9 Å². The first-order valence-corrected chi connectivity index (χ1v) is 7.67. The molecule has 0 fully saturated rings. The van der Waals surface area contributed by atoms with Crippen LogP contribution in [-0.4, -0.2) is 14.5 Å². The Morgan fingerprint density at radius 3 is 2.81 bits per heavy atom. The predicted molar refractivity (Wildman–Crippen MR) is 89.1 cm³/mol. The van der Waals surface area contributed by atoms with Gasteiger partial charge in [0.1, 0.15) is 0 Å². The summed E-state index contributed by atoms with van der Waals surface area (Å²) in [6, 6.07) is 13.0. The molecular weight excluding hydrogens is 278 g/mol. The molecule has 0 bridgehead atoms. The van der Waals surface area contributed by atoms with Gasteiger partial charge in [-0.3, -0.25) is 4.57 Å². The first-order chi connectivity index (χ1) is 10.1. The van der Waals surface area contributed by atoms with Gasteiger partial charge in [0.25, 0.3) is 0 Å². The van der Waals surface area contributed by atoms with Gasteiger partial charge in [-0.25, -0.2) is 4.98 Å². The molecular formula is C17H19N3S. The molecule has 1 N–H and O–H groups in total. The van der Waals surface area contributed by atoms with Crippen LogP contribution in [0, 0.1) is 11.7 Å².